The second kappa shape index (κ2) is 9.87. The lowest BCUT2D eigenvalue weighted by molar-refractivity contribution is -0.116. The van der Waals surface area contributed by atoms with Crippen LogP contribution in [0.1, 0.15) is 52.0 Å². The topological polar surface area (TPSA) is 61.4 Å². The number of rotatable bonds is 8. The van der Waals surface area contributed by atoms with E-state index in [0.29, 0.717) is 6.42 Å². The Bertz CT molecular complexity index is 523. The first kappa shape index (κ1) is 19.0. The molecule has 0 aliphatic heterocycles. The molecule has 23 heavy (non-hydrogen) atoms. The molecular weight excluding hydrogens is 290 g/mol. The highest BCUT2D eigenvalue weighted by molar-refractivity contribution is 5.95. The average Bonchev–Trinajstić information content (AvgIpc) is 2.51. The molecule has 0 aliphatic rings. The Morgan fingerprint density at radius 1 is 0.957 bits per heavy atom. The minimum atomic E-state index is -0.0890. The summed E-state index contributed by atoms with van der Waals surface area (Å²) in [5.74, 6) is -0.00216. The fourth-order valence-electron chi connectivity index (χ4n) is 2.40. The maximum Gasteiger partial charge on any atom is 0.321 e. The Labute approximate surface area is 139 Å². The minimum absolute atomic E-state index is 0.00216. The largest absolute Gasteiger partial charge is 0.326 e. The van der Waals surface area contributed by atoms with Crippen LogP contribution < -0.4 is 10.6 Å². The molecule has 0 unspecified atom stereocenters. The predicted molar refractivity (Wildman–Crippen MR) is 95.9 cm³/mol. The van der Waals surface area contributed by atoms with Gasteiger partial charge in [0.25, 0.3) is 0 Å². The molecule has 0 aromatic heterocycles. The smallest absolute Gasteiger partial charge is 0.321 e. The number of nitrogens with zero attached hydrogens (tertiary/aromatic N) is 1. The van der Waals surface area contributed by atoms with E-state index in [-0.39, 0.29) is 11.9 Å². The van der Waals surface area contributed by atoms with Crippen molar-refractivity contribution in [3.8, 4) is 0 Å². The summed E-state index contributed by atoms with van der Waals surface area (Å²) in [5.41, 5.74) is 2.36. The molecule has 0 atom stereocenters. The highest BCUT2D eigenvalue weighted by Crippen LogP contribution is 2.24. The molecule has 1 aromatic carbocycles. The maximum atomic E-state index is 12.4. The quantitative estimate of drug-likeness (QED) is 0.746. The van der Waals surface area contributed by atoms with Gasteiger partial charge < -0.3 is 15.5 Å². The molecule has 0 saturated carbocycles. The number of amides is 3. The van der Waals surface area contributed by atoms with E-state index in [9.17, 15) is 9.59 Å². The van der Waals surface area contributed by atoms with Crippen molar-refractivity contribution in [2.45, 2.75) is 53.4 Å². The van der Waals surface area contributed by atoms with Gasteiger partial charge in [-0.15, -0.1) is 0 Å². The molecule has 1 rings (SSSR count). The number of hydrogen-bond acceptors (Lipinski definition) is 2. The molecule has 0 spiro atoms. The molecular formula is C18H29N3O2. The van der Waals surface area contributed by atoms with Crippen LogP contribution in [0.4, 0.5) is 16.2 Å². The molecule has 0 heterocycles. The molecule has 0 fully saturated rings. The molecule has 0 saturated heterocycles. The summed E-state index contributed by atoms with van der Waals surface area (Å²) in [6, 6.07) is 5.47. The van der Waals surface area contributed by atoms with E-state index in [1.54, 1.807) is 0 Å². The first-order chi connectivity index (χ1) is 11.0. The van der Waals surface area contributed by atoms with Gasteiger partial charge >= 0.3 is 6.03 Å². The SMILES string of the molecule is CCCC(=O)Nc1cccc(NC(=O)N(CCC)CCC)c1C. The summed E-state index contributed by atoms with van der Waals surface area (Å²) in [6.07, 6.45) is 3.17. The fourth-order valence-corrected chi connectivity index (χ4v) is 2.40. The first-order valence-corrected chi connectivity index (χ1v) is 8.48. The number of nitrogens with one attached hydrogen (secondary N) is 2. The lowest BCUT2D eigenvalue weighted by Gasteiger charge is -2.23. The number of benzene rings is 1. The van der Waals surface area contributed by atoms with Gasteiger partial charge in [-0.25, -0.2) is 4.79 Å². The molecule has 0 aliphatic carbocycles. The van der Waals surface area contributed by atoms with E-state index in [0.717, 1.165) is 49.3 Å². The zero-order valence-electron chi connectivity index (χ0n) is 14.7. The third-order valence-corrected chi connectivity index (χ3v) is 3.60. The Hall–Kier alpha value is -2.04. The molecule has 1 aromatic rings. The maximum absolute atomic E-state index is 12.4. The van der Waals surface area contributed by atoms with Gasteiger partial charge in [0.2, 0.25) is 5.91 Å². The standard InChI is InChI=1S/C18H29N3O2/c1-5-9-17(22)19-15-10-8-11-16(14(15)4)20-18(23)21(12-6-2)13-7-3/h8,10-11H,5-7,9,12-13H2,1-4H3,(H,19,22)(H,20,23). The van der Waals surface area contributed by atoms with Gasteiger partial charge in [-0.1, -0.05) is 26.8 Å². The lowest BCUT2D eigenvalue weighted by atomic mass is 10.1. The van der Waals surface area contributed by atoms with Crippen LogP contribution in [-0.2, 0) is 4.79 Å². The zero-order valence-corrected chi connectivity index (χ0v) is 14.7. The number of carbonyl (C=O) groups is 2. The minimum Gasteiger partial charge on any atom is -0.326 e. The van der Waals surface area contributed by atoms with Crippen LogP contribution in [0.3, 0.4) is 0 Å². The highest BCUT2D eigenvalue weighted by atomic mass is 16.2. The van der Waals surface area contributed by atoms with Gasteiger partial charge in [-0.3, -0.25) is 4.79 Å². The van der Waals surface area contributed by atoms with Crippen LogP contribution >= 0.6 is 0 Å². The van der Waals surface area contributed by atoms with Crippen LogP contribution in [0.15, 0.2) is 18.2 Å². The molecule has 2 N–H and O–H groups in total. The van der Waals surface area contributed by atoms with Gasteiger partial charge in [-0.05, 0) is 43.9 Å². The van der Waals surface area contributed by atoms with Gasteiger partial charge in [0, 0.05) is 30.9 Å². The second-order valence-electron chi connectivity index (χ2n) is 5.69. The third-order valence-electron chi connectivity index (χ3n) is 3.60. The number of hydrogen-bond donors (Lipinski definition) is 2. The Morgan fingerprint density at radius 3 is 2.04 bits per heavy atom. The van der Waals surface area contributed by atoms with Crippen molar-refractivity contribution in [3.05, 3.63) is 23.8 Å². The molecule has 0 radical (unpaired) electrons. The summed E-state index contributed by atoms with van der Waals surface area (Å²) in [4.78, 5) is 26.0. The number of urea groups is 1. The van der Waals surface area contributed by atoms with Gasteiger partial charge in [0.05, 0.1) is 0 Å². The average molecular weight is 319 g/mol. The Morgan fingerprint density at radius 2 is 1.52 bits per heavy atom. The fraction of sp³-hybridized carbons (Fsp3) is 0.556. The Kier molecular flexibility index (Phi) is 8.16. The van der Waals surface area contributed by atoms with E-state index in [2.05, 4.69) is 24.5 Å². The highest BCUT2D eigenvalue weighted by Gasteiger charge is 2.14. The Balaban J connectivity index is 2.84. The van der Waals surface area contributed by atoms with Gasteiger partial charge in [0.15, 0.2) is 0 Å². The first-order valence-electron chi connectivity index (χ1n) is 8.48. The summed E-state index contributed by atoms with van der Waals surface area (Å²) < 4.78 is 0. The van der Waals surface area contributed by atoms with Crippen molar-refractivity contribution in [1.29, 1.82) is 0 Å². The molecule has 3 amide bonds. The van der Waals surface area contributed by atoms with E-state index < -0.39 is 0 Å². The van der Waals surface area contributed by atoms with Crippen molar-refractivity contribution >= 4 is 23.3 Å². The molecule has 5 heteroatoms. The van der Waals surface area contributed by atoms with E-state index in [4.69, 9.17) is 0 Å². The van der Waals surface area contributed by atoms with Crippen molar-refractivity contribution in [2.75, 3.05) is 23.7 Å². The lowest BCUT2D eigenvalue weighted by Crippen LogP contribution is -2.36. The van der Waals surface area contributed by atoms with E-state index in [1.165, 1.54) is 0 Å². The second-order valence-corrected chi connectivity index (χ2v) is 5.69. The van der Waals surface area contributed by atoms with E-state index >= 15 is 0 Å². The van der Waals surface area contributed by atoms with Crippen molar-refractivity contribution in [3.63, 3.8) is 0 Å². The number of carbonyl (C=O) groups excluding carboxylic acids is 2. The summed E-state index contributed by atoms with van der Waals surface area (Å²) in [7, 11) is 0. The van der Waals surface area contributed by atoms with Crippen molar-refractivity contribution in [1.82, 2.24) is 4.90 Å². The summed E-state index contributed by atoms with van der Waals surface area (Å²) in [6.45, 7) is 9.48. The monoisotopic (exact) mass is 319 g/mol. The third kappa shape index (κ3) is 5.93. The van der Waals surface area contributed by atoms with Crippen LogP contribution in [0, 0.1) is 6.92 Å². The van der Waals surface area contributed by atoms with Crippen molar-refractivity contribution < 1.29 is 9.59 Å². The van der Waals surface area contributed by atoms with Crippen LogP contribution in [0.2, 0.25) is 0 Å². The molecule has 5 nitrogen and oxygen atoms in total. The van der Waals surface area contributed by atoms with Gasteiger partial charge in [0.1, 0.15) is 0 Å². The summed E-state index contributed by atoms with van der Waals surface area (Å²) in [5, 5.41) is 5.86. The predicted octanol–water partition coefficient (Wildman–Crippen LogP) is 4.39. The molecule has 128 valence electrons. The summed E-state index contributed by atoms with van der Waals surface area (Å²) >= 11 is 0. The van der Waals surface area contributed by atoms with Crippen LogP contribution in [0.5, 0.6) is 0 Å². The normalized spacial score (nSPS) is 10.3. The van der Waals surface area contributed by atoms with E-state index in [1.807, 2.05) is 36.9 Å². The van der Waals surface area contributed by atoms with Crippen molar-refractivity contribution in [2.24, 2.45) is 0 Å². The van der Waals surface area contributed by atoms with Gasteiger partial charge in [-0.2, -0.15) is 0 Å². The molecule has 0 bridgehead atoms. The van der Waals surface area contributed by atoms with Crippen LogP contribution in [-0.4, -0.2) is 29.9 Å². The number of anilines is 2. The zero-order chi connectivity index (χ0) is 17.2. The van der Waals surface area contributed by atoms with Crippen LogP contribution in [0.25, 0.3) is 0 Å².